The van der Waals surface area contributed by atoms with E-state index in [2.05, 4.69) is 15.3 Å². The molecule has 1 aliphatic rings. The fourth-order valence-corrected chi connectivity index (χ4v) is 3.68. The lowest BCUT2D eigenvalue weighted by Crippen LogP contribution is -2.49. The van der Waals surface area contributed by atoms with E-state index < -0.39 is 41.5 Å². The molecule has 2 amide bonds. The fourth-order valence-electron chi connectivity index (χ4n) is 3.68. The van der Waals surface area contributed by atoms with Crippen LogP contribution in [-0.4, -0.2) is 44.6 Å². The number of likely N-dealkylation sites (tertiary alicyclic amines) is 1. The molecule has 3 rings (SSSR count). The van der Waals surface area contributed by atoms with Gasteiger partial charge < -0.3 is 10.1 Å². The molecule has 0 saturated carbocycles. The molecular weight excluding hydrogens is 456 g/mol. The number of halogens is 4. The topological polar surface area (TPSA) is 84.4 Å². The van der Waals surface area contributed by atoms with Crippen molar-refractivity contribution in [3.63, 3.8) is 0 Å². The Labute approximate surface area is 194 Å². The van der Waals surface area contributed by atoms with Crippen LogP contribution >= 0.6 is 0 Å². The zero-order chi connectivity index (χ0) is 25.3. The maximum Gasteiger partial charge on any atom is 0.451 e. The van der Waals surface area contributed by atoms with E-state index in [0.29, 0.717) is 18.4 Å². The first kappa shape index (κ1) is 25.4. The number of hydrogen-bond acceptors (Lipinski definition) is 5. The molecule has 34 heavy (non-hydrogen) atoms. The summed E-state index contributed by atoms with van der Waals surface area (Å²) in [6.07, 6.45) is -2.18. The molecule has 11 heteroatoms. The van der Waals surface area contributed by atoms with Crippen LogP contribution in [0.1, 0.15) is 51.9 Å². The number of alkyl halides is 3. The Balaban J connectivity index is 1.71. The third-order valence-corrected chi connectivity index (χ3v) is 5.31. The highest BCUT2D eigenvalue weighted by atomic mass is 19.4. The number of carbonyl (C=O) groups excluding carboxylic acids is 2. The summed E-state index contributed by atoms with van der Waals surface area (Å²) in [4.78, 5) is 33.4. The Morgan fingerprint density at radius 2 is 1.76 bits per heavy atom. The van der Waals surface area contributed by atoms with Crippen molar-refractivity contribution < 1.29 is 31.9 Å². The van der Waals surface area contributed by atoms with Gasteiger partial charge in [0.25, 0.3) is 0 Å². The maximum atomic E-state index is 14.4. The highest BCUT2D eigenvalue weighted by molar-refractivity contribution is 5.86. The molecule has 1 aliphatic heterocycles. The maximum absolute atomic E-state index is 14.4. The molecule has 2 atom stereocenters. The lowest BCUT2D eigenvalue weighted by atomic mass is 10.0. The van der Waals surface area contributed by atoms with E-state index in [1.807, 2.05) is 6.92 Å². The van der Waals surface area contributed by atoms with Gasteiger partial charge in [0.05, 0.1) is 0 Å². The first-order valence-corrected chi connectivity index (χ1v) is 10.7. The molecule has 2 aromatic rings. The van der Waals surface area contributed by atoms with Crippen molar-refractivity contribution in [1.82, 2.24) is 20.2 Å². The molecule has 0 aliphatic carbocycles. The summed E-state index contributed by atoms with van der Waals surface area (Å²) in [7, 11) is 0. The molecule has 0 bridgehead atoms. The van der Waals surface area contributed by atoms with Crippen molar-refractivity contribution >= 4 is 12.0 Å². The van der Waals surface area contributed by atoms with Crippen molar-refractivity contribution in [1.29, 1.82) is 0 Å². The third kappa shape index (κ3) is 6.00. The number of hydrogen-bond donors (Lipinski definition) is 1. The van der Waals surface area contributed by atoms with Crippen LogP contribution in [0.4, 0.5) is 22.4 Å². The van der Waals surface area contributed by atoms with Crippen LogP contribution in [0, 0.1) is 5.82 Å². The molecule has 0 spiro atoms. The van der Waals surface area contributed by atoms with Gasteiger partial charge in [-0.25, -0.2) is 19.2 Å². The normalized spacial score (nSPS) is 18.6. The van der Waals surface area contributed by atoms with E-state index >= 15 is 0 Å². The third-order valence-electron chi connectivity index (χ3n) is 5.31. The average molecular weight is 482 g/mol. The Morgan fingerprint density at radius 3 is 2.35 bits per heavy atom. The second-order valence-corrected chi connectivity index (χ2v) is 9.15. The van der Waals surface area contributed by atoms with Gasteiger partial charge >= 0.3 is 12.3 Å². The van der Waals surface area contributed by atoms with Gasteiger partial charge in [-0.2, -0.15) is 13.2 Å². The fraction of sp³-hybridized carbons (Fsp3) is 0.478. The standard InChI is InChI=1S/C23H26F4N4O3/c1-13-5-8-18(31(13)21(33)34-22(2,3)4)19(32)28-10-15-9-14(6-7-17(15)24)16-11-29-20(30-12-16)23(25,26)27/h6-7,9,11-13,18H,5,8,10H2,1-4H3,(H,28,32)/t13-,18-/m0/s1. The number of rotatable bonds is 4. The lowest BCUT2D eigenvalue weighted by molar-refractivity contribution is -0.145. The van der Waals surface area contributed by atoms with E-state index in [1.165, 1.54) is 17.0 Å². The lowest BCUT2D eigenvalue weighted by Gasteiger charge is -2.30. The molecule has 0 unspecified atom stereocenters. The molecule has 7 nitrogen and oxygen atoms in total. The largest absolute Gasteiger partial charge is 0.451 e. The summed E-state index contributed by atoms with van der Waals surface area (Å²) in [6.45, 7) is 6.86. The summed E-state index contributed by atoms with van der Waals surface area (Å²) in [5.41, 5.74) is 0.0672. The first-order chi connectivity index (χ1) is 15.8. The van der Waals surface area contributed by atoms with E-state index in [9.17, 15) is 27.2 Å². The van der Waals surface area contributed by atoms with Crippen molar-refractivity contribution in [2.45, 2.75) is 70.9 Å². The summed E-state index contributed by atoms with van der Waals surface area (Å²) in [5.74, 6) is -2.32. The van der Waals surface area contributed by atoms with Gasteiger partial charge in [-0.15, -0.1) is 0 Å². The summed E-state index contributed by atoms with van der Waals surface area (Å²) in [6, 6.07) is 3.00. The first-order valence-electron chi connectivity index (χ1n) is 10.7. The van der Waals surface area contributed by atoms with Crippen LogP contribution < -0.4 is 5.32 Å². The second-order valence-electron chi connectivity index (χ2n) is 9.15. The quantitative estimate of drug-likeness (QED) is 0.639. The SMILES string of the molecule is C[C@H]1CC[C@@H](C(=O)NCc2cc(-c3cnc(C(F)(F)F)nc3)ccc2F)N1C(=O)OC(C)(C)C. The number of ether oxygens (including phenoxy) is 1. The molecule has 1 aromatic carbocycles. The number of nitrogens with one attached hydrogen (secondary N) is 1. The van der Waals surface area contributed by atoms with Gasteiger partial charge in [-0.1, -0.05) is 6.07 Å². The summed E-state index contributed by atoms with van der Waals surface area (Å²) in [5, 5.41) is 2.65. The van der Waals surface area contributed by atoms with Crippen LogP contribution in [0.15, 0.2) is 30.6 Å². The van der Waals surface area contributed by atoms with Crippen molar-refractivity contribution in [3.05, 3.63) is 47.8 Å². The van der Waals surface area contributed by atoms with E-state index in [0.717, 1.165) is 18.5 Å². The molecular formula is C23H26F4N4O3. The van der Waals surface area contributed by atoms with E-state index in [1.54, 1.807) is 20.8 Å². The Hall–Kier alpha value is -3.24. The van der Waals surface area contributed by atoms with Gasteiger partial charge in [-0.05, 0) is 58.2 Å². The zero-order valence-electron chi connectivity index (χ0n) is 19.2. The van der Waals surface area contributed by atoms with Gasteiger partial charge in [0.2, 0.25) is 11.7 Å². The monoisotopic (exact) mass is 482 g/mol. The smallest absolute Gasteiger partial charge is 0.444 e. The zero-order valence-corrected chi connectivity index (χ0v) is 19.2. The van der Waals surface area contributed by atoms with Gasteiger partial charge in [0.1, 0.15) is 17.5 Å². The van der Waals surface area contributed by atoms with E-state index in [-0.39, 0.29) is 23.7 Å². The molecule has 1 N–H and O–H groups in total. The molecule has 184 valence electrons. The molecule has 0 radical (unpaired) electrons. The van der Waals surface area contributed by atoms with Crippen LogP contribution in [0.2, 0.25) is 0 Å². The number of aromatic nitrogens is 2. The van der Waals surface area contributed by atoms with Crippen LogP contribution in [-0.2, 0) is 22.3 Å². The predicted octanol–water partition coefficient (Wildman–Crippen LogP) is 4.71. The number of amides is 2. The minimum atomic E-state index is -4.66. The van der Waals surface area contributed by atoms with Crippen LogP contribution in [0.3, 0.4) is 0 Å². The van der Waals surface area contributed by atoms with Gasteiger partial charge in [0.15, 0.2) is 0 Å². The second kappa shape index (κ2) is 9.55. The van der Waals surface area contributed by atoms with E-state index in [4.69, 9.17) is 4.74 Å². The Bertz CT molecular complexity index is 1050. The predicted molar refractivity (Wildman–Crippen MR) is 115 cm³/mol. The minimum absolute atomic E-state index is 0.126. The highest BCUT2D eigenvalue weighted by Crippen LogP contribution is 2.28. The summed E-state index contributed by atoms with van der Waals surface area (Å²) < 4.78 is 57.8. The van der Waals surface area contributed by atoms with Crippen LogP contribution in [0.5, 0.6) is 0 Å². The molecule has 1 saturated heterocycles. The molecule has 1 fully saturated rings. The van der Waals surface area contributed by atoms with Crippen molar-refractivity contribution in [3.8, 4) is 11.1 Å². The molecule has 1 aromatic heterocycles. The average Bonchev–Trinajstić information content (AvgIpc) is 3.13. The number of benzene rings is 1. The minimum Gasteiger partial charge on any atom is -0.444 e. The Kier molecular flexibility index (Phi) is 7.13. The van der Waals surface area contributed by atoms with Gasteiger partial charge in [-0.3, -0.25) is 9.69 Å². The highest BCUT2D eigenvalue weighted by Gasteiger charge is 2.41. The summed E-state index contributed by atoms with van der Waals surface area (Å²) >= 11 is 0. The van der Waals surface area contributed by atoms with Crippen LogP contribution in [0.25, 0.3) is 11.1 Å². The number of nitrogens with zero attached hydrogens (tertiary/aromatic N) is 3. The number of carbonyl (C=O) groups is 2. The van der Waals surface area contributed by atoms with Gasteiger partial charge in [0, 0.05) is 36.1 Å². The Morgan fingerprint density at radius 1 is 1.12 bits per heavy atom. The van der Waals surface area contributed by atoms with Crippen molar-refractivity contribution in [2.24, 2.45) is 0 Å². The van der Waals surface area contributed by atoms with Crippen molar-refractivity contribution in [2.75, 3.05) is 0 Å². The molecule has 2 heterocycles.